The second-order valence-electron chi connectivity index (χ2n) is 14.4. The molecule has 3 aromatic rings. The molecule has 0 spiro atoms. The van der Waals surface area contributed by atoms with Gasteiger partial charge < -0.3 is 35.1 Å². The molecule has 294 valence electrons. The van der Waals surface area contributed by atoms with Gasteiger partial charge in [-0.05, 0) is 94.5 Å². The largest absolute Gasteiger partial charge is 0.496 e. The van der Waals surface area contributed by atoms with Crippen molar-refractivity contribution in [3.05, 3.63) is 101 Å². The Morgan fingerprint density at radius 2 is 1.56 bits per heavy atom. The van der Waals surface area contributed by atoms with Crippen LogP contribution in [0.3, 0.4) is 0 Å². The number of alkyl carbamates (subject to hydrolysis) is 1. The lowest BCUT2D eigenvalue weighted by molar-refractivity contribution is -0.152. The summed E-state index contributed by atoms with van der Waals surface area (Å²) in [6.07, 6.45) is 2.54. The van der Waals surface area contributed by atoms with E-state index in [1.54, 1.807) is 39.0 Å². The highest BCUT2D eigenvalue weighted by Crippen LogP contribution is 2.48. The number of nitrogens with one attached hydrogen (secondary N) is 3. The molecule has 3 N–H and O–H groups in total. The van der Waals surface area contributed by atoms with E-state index in [1.807, 2.05) is 65.6 Å². The quantitative estimate of drug-likeness (QED) is 0.133. The number of amides is 4. The lowest BCUT2D eigenvalue weighted by Crippen LogP contribution is -2.54. The molecule has 0 radical (unpaired) electrons. The van der Waals surface area contributed by atoms with Crippen LogP contribution in [0.5, 0.6) is 5.75 Å². The number of methoxy groups -OCH3 is 1. The average molecular weight is 755 g/mol. The number of hydrogen-bond donors (Lipinski definition) is 3. The molecule has 3 atom stereocenters. The first-order valence-electron chi connectivity index (χ1n) is 19.4. The molecule has 5 rings (SSSR count). The second-order valence-corrected chi connectivity index (χ2v) is 14.4. The van der Waals surface area contributed by atoms with Gasteiger partial charge in [-0.25, -0.2) is 9.59 Å². The van der Waals surface area contributed by atoms with E-state index in [0.29, 0.717) is 75.9 Å². The SMILES string of the molecule is CCOC(=O)NCCCC[C@@H](NC(=O)[C@@]1(c2ccccc2)CC[C@H](C(=O)N2CCC(NC(=O)c3ccccc3OC)CC2)c2ccccc21)C(=O)OC(C)C. The highest BCUT2D eigenvalue weighted by Gasteiger charge is 2.49. The average Bonchev–Trinajstić information content (AvgIpc) is 3.19. The van der Waals surface area contributed by atoms with Crippen LogP contribution in [0.1, 0.15) is 98.7 Å². The van der Waals surface area contributed by atoms with Crippen LogP contribution in [0.4, 0.5) is 4.79 Å². The number of carbonyl (C=O) groups is 5. The third-order valence-corrected chi connectivity index (χ3v) is 10.5. The van der Waals surface area contributed by atoms with E-state index in [4.69, 9.17) is 14.2 Å². The topological polar surface area (TPSA) is 152 Å². The molecule has 12 heteroatoms. The van der Waals surface area contributed by atoms with Gasteiger partial charge in [-0.15, -0.1) is 0 Å². The smallest absolute Gasteiger partial charge is 0.407 e. The van der Waals surface area contributed by atoms with E-state index >= 15 is 0 Å². The Hall–Kier alpha value is -5.39. The summed E-state index contributed by atoms with van der Waals surface area (Å²) in [6, 6.07) is 23.2. The summed E-state index contributed by atoms with van der Waals surface area (Å²) >= 11 is 0. The van der Waals surface area contributed by atoms with E-state index in [-0.39, 0.29) is 36.5 Å². The first kappa shape index (κ1) is 40.8. The standard InChI is InChI=1S/C43H54N4O8/c1-5-54-42(52)44-26-14-13-20-36(40(50)55-29(2)3)46-41(51)43(30-15-7-6-8-16-30)25-22-33(32-17-9-11-19-35(32)43)39(49)47-27-23-31(24-28-47)45-38(48)34-18-10-12-21-37(34)53-4/h6-12,15-19,21,29,31,33,36H,5,13-14,20,22-28H2,1-4H3,(H,44,52)(H,45,48)(H,46,51)/t33-,36+,43+/m0/s1. The van der Waals surface area contributed by atoms with Crippen molar-refractivity contribution >= 4 is 29.8 Å². The lowest BCUT2D eigenvalue weighted by Gasteiger charge is -2.43. The van der Waals surface area contributed by atoms with Crippen LogP contribution in [0.2, 0.25) is 0 Å². The zero-order valence-electron chi connectivity index (χ0n) is 32.3. The van der Waals surface area contributed by atoms with E-state index in [0.717, 1.165) is 16.7 Å². The Kier molecular flexibility index (Phi) is 14.3. The molecule has 0 unspecified atom stereocenters. The number of fused-ring (bicyclic) bond motifs is 1. The molecule has 1 aliphatic carbocycles. The lowest BCUT2D eigenvalue weighted by atomic mass is 9.62. The number of benzene rings is 3. The summed E-state index contributed by atoms with van der Waals surface area (Å²) < 4.78 is 15.9. The number of carbonyl (C=O) groups excluding carboxylic acids is 5. The summed E-state index contributed by atoms with van der Waals surface area (Å²) in [5, 5.41) is 8.88. The fourth-order valence-electron chi connectivity index (χ4n) is 7.74. The highest BCUT2D eigenvalue weighted by atomic mass is 16.5. The molecule has 1 saturated heterocycles. The molecule has 55 heavy (non-hydrogen) atoms. The summed E-state index contributed by atoms with van der Waals surface area (Å²) in [5.41, 5.74) is 1.59. The number of piperidine rings is 1. The molecule has 0 aromatic heterocycles. The number of ether oxygens (including phenoxy) is 3. The number of esters is 1. The Labute approximate surface area is 323 Å². The van der Waals surface area contributed by atoms with E-state index in [1.165, 1.54) is 7.11 Å². The van der Waals surface area contributed by atoms with E-state index < -0.39 is 29.4 Å². The second kappa shape index (κ2) is 19.3. The third kappa shape index (κ3) is 9.84. The zero-order chi connectivity index (χ0) is 39.4. The third-order valence-electron chi connectivity index (χ3n) is 10.5. The summed E-state index contributed by atoms with van der Waals surface area (Å²) in [5.74, 6) is -1.02. The number of hydrogen-bond acceptors (Lipinski definition) is 8. The maximum atomic E-state index is 14.8. The Morgan fingerprint density at radius 3 is 2.27 bits per heavy atom. The molecule has 0 saturated carbocycles. The minimum absolute atomic E-state index is 0.00107. The normalized spacial score (nSPS) is 18.7. The Morgan fingerprint density at radius 1 is 0.873 bits per heavy atom. The maximum absolute atomic E-state index is 14.8. The van der Waals surface area contributed by atoms with Crippen LogP contribution in [-0.2, 0) is 29.3 Å². The van der Waals surface area contributed by atoms with Gasteiger partial charge in [0, 0.05) is 25.7 Å². The number of nitrogens with zero attached hydrogens (tertiary/aromatic N) is 1. The molecule has 12 nitrogen and oxygen atoms in total. The zero-order valence-corrected chi connectivity index (χ0v) is 32.3. The Balaban J connectivity index is 1.33. The maximum Gasteiger partial charge on any atom is 0.407 e. The van der Waals surface area contributed by atoms with Gasteiger partial charge in [0.05, 0.1) is 36.7 Å². The summed E-state index contributed by atoms with van der Waals surface area (Å²) in [7, 11) is 1.54. The van der Waals surface area contributed by atoms with Crippen molar-refractivity contribution in [3.63, 3.8) is 0 Å². The highest BCUT2D eigenvalue weighted by molar-refractivity contribution is 5.98. The molecule has 1 aliphatic heterocycles. The molecule has 2 aliphatic rings. The predicted octanol–water partition coefficient (Wildman–Crippen LogP) is 5.63. The van der Waals surface area contributed by atoms with Crippen molar-refractivity contribution in [2.75, 3.05) is 33.4 Å². The molecular weight excluding hydrogens is 700 g/mol. The minimum Gasteiger partial charge on any atom is -0.496 e. The van der Waals surface area contributed by atoms with Crippen molar-refractivity contribution in [1.29, 1.82) is 0 Å². The summed E-state index contributed by atoms with van der Waals surface area (Å²) in [4.78, 5) is 69.2. The Bertz CT molecular complexity index is 1790. The van der Waals surface area contributed by atoms with Gasteiger partial charge in [-0.2, -0.15) is 0 Å². The minimum atomic E-state index is -1.17. The van der Waals surface area contributed by atoms with Crippen molar-refractivity contribution in [3.8, 4) is 5.75 Å². The van der Waals surface area contributed by atoms with Crippen molar-refractivity contribution < 1.29 is 38.2 Å². The molecule has 0 bridgehead atoms. The van der Waals surface area contributed by atoms with Crippen LogP contribution in [-0.4, -0.2) is 86.2 Å². The van der Waals surface area contributed by atoms with Gasteiger partial charge in [-0.1, -0.05) is 66.7 Å². The molecule has 1 heterocycles. The molecule has 4 amide bonds. The number of rotatable bonds is 15. The summed E-state index contributed by atoms with van der Waals surface area (Å²) in [6.45, 7) is 6.89. The number of likely N-dealkylation sites (tertiary alicyclic amines) is 1. The molecule has 1 fully saturated rings. The first-order chi connectivity index (χ1) is 26.6. The fraction of sp³-hybridized carbons (Fsp3) is 0.465. The van der Waals surface area contributed by atoms with Crippen molar-refractivity contribution in [2.24, 2.45) is 0 Å². The predicted molar refractivity (Wildman–Crippen MR) is 208 cm³/mol. The van der Waals surface area contributed by atoms with Crippen LogP contribution >= 0.6 is 0 Å². The molecular formula is C43H54N4O8. The van der Waals surface area contributed by atoms with Gasteiger partial charge in [0.1, 0.15) is 11.8 Å². The van der Waals surface area contributed by atoms with Gasteiger partial charge in [0.15, 0.2) is 0 Å². The number of unbranched alkanes of at least 4 members (excludes halogenated alkanes) is 1. The van der Waals surface area contributed by atoms with E-state index in [9.17, 15) is 24.0 Å². The van der Waals surface area contributed by atoms with Crippen LogP contribution in [0.25, 0.3) is 0 Å². The van der Waals surface area contributed by atoms with Crippen LogP contribution in [0.15, 0.2) is 78.9 Å². The number of para-hydroxylation sites is 1. The van der Waals surface area contributed by atoms with E-state index in [2.05, 4.69) is 16.0 Å². The van der Waals surface area contributed by atoms with Gasteiger partial charge in [-0.3, -0.25) is 14.4 Å². The fourth-order valence-corrected chi connectivity index (χ4v) is 7.74. The van der Waals surface area contributed by atoms with Crippen LogP contribution in [0, 0.1) is 0 Å². The monoisotopic (exact) mass is 754 g/mol. The molecule has 3 aromatic carbocycles. The van der Waals surface area contributed by atoms with Crippen molar-refractivity contribution in [1.82, 2.24) is 20.9 Å². The first-order valence-corrected chi connectivity index (χ1v) is 19.4. The van der Waals surface area contributed by atoms with Crippen LogP contribution < -0.4 is 20.7 Å². The van der Waals surface area contributed by atoms with Gasteiger partial charge >= 0.3 is 12.1 Å². The van der Waals surface area contributed by atoms with Crippen molar-refractivity contribution in [2.45, 2.75) is 95.2 Å². The van der Waals surface area contributed by atoms with Gasteiger partial charge in [0.2, 0.25) is 11.8 Å². The van der Waals surface area contributed by atoms with Gasteiger partial charge in [0.25, 0.3) is 5.91 Å².